The number of rotatable bonds is 6. The molecule has 162 valence electrons. The van der Waals surface area contributed by atoms with Crippen molar-refractivity contribution < 1.29 is 4.79 Å². The van der Waals surface area contributed by atoms with Crippen LogP contribution in [-0.2, 0) is 7.05 Å². The highest BCUT2D eigenvalue weighted by Gasteiger charge is 2.17. The maximum atomic E-state index is 12.5. The number of Topliss-reactive ketones (excluding diaryl/α,β-unsaturated/α-hetero) is 1. The Morgan fingerprint density at radius 2 is 1.84 bits per heavy atom. The van der Waals surface area contributed by atoms with E-state index in [1.54, 1.807) is 6.20 Å². The summed E-state index contributed by atoms with van der Waals surface area (Å²) in [5.74, 6) is 1.34. The van der Waals surface area contributed by atoms with Crippen LogP contribution in [0, 0.1) is 5.92 Å². The SMILES string of the molecule is CC(C)C(=O)c1cc2ccc(-c3nccc(Nc4ccc(/C(N)=C/N)cc4)n3)cc2n1C. The fraction of sp³-hybridized carbons (Fsp3) is 0.160. The van der Waals surface area contributed by atoms with Crippen LogP contribution in [-0.4, -0.2) is 20.3 Å². The average molecular weight is 427 g/mol. The summed E-state index contributed by atoms with van der Waals surface area (Å²) < 4.78 is 1.94. The van der Waals surface area contributed by atoms with Gasteiger partial charge in [-0.2, -0.15) is 0 Å². The highest BCUT2D eigenvalue weighted by molar-refractivity contribution is 6.01. The average Bonchev–Trinajstić information content (AvgIpc) is 3.14. The Labute approximate surface area is 186 Å². The molecular formula is C25H26N6O. The Kier molecular flexibility index (Phi) is 5.64. The summed E-state index contributed by atoms with van der Waals surface area (Å²) in [4.78, 5) is 21.6. The van der Waals surface area contributed by atoms with E-state index >= 15 is 0 Å². The van der Waals surface area contributed by atoms with Gasteiger partial charge in [-0.15, -0.1) is 0 Å². The number of aromatic nitrogens is 3. The number of hydrogen-bond donors (Lipinski definition) is 3. The van der Waals surface area contributed by atoms with Gasteiger partial charge in [0, 0.05) is 47.5 Å². The highest BCUT2D eigenvalue weighted by Crippen LogP contribution is 2.27. The topological polar surface area (TPSA) is 112 Å². The summed E-state index contributed by atoms with van der Waals surface area (Å²) in [6.45, 7) is 3.82. The van der Waals surface area contributed by atoms with E-state index in [1.807, 2.05) is 80.1 Å². The zero-order valence-electron chi connectivity index (χ0n) is 18.3. The Morgan fingerprint density at radius 3 is 2.53 bits per heavy atom. The molecule has 0 saturated heterocycles. The molecule has 0 radical (unpaired) electrons. The van der Waals surface area contributed by atoms with Gasteiger partial charge in [0.1, 0.15) is 5.82 Å². The second-order valence-electron chi connectivity index (χ2n) is 7.97. The number of benzene rings is 2. The summed E-state index contributed by atoms with van der Waals surface area (Å²) in [5, 5.41) is 4.30. The Morgan fingerprint density at radius 1 is 1.09 bits per heavy atom. The standard InChI is InChI=1S/C25H26N6O/c1-15(2)24(32)22-12-17-4-5-18(13-21(17)31(22)3)25-28-11-10-23(30-25)29-19-8-6-16(7-9-19)20(27)14-26/h4-15H,26-27H2,1-3H3,(H,28,29,30)/b20-14-. The van der Waals surface area contributed by atoms with Gasteiger partial charge in [0.25, 0.3) is 0 Å². The smallest absolute Gasteiger partial charge is 0.181 e. The van der Waals surface area contributed by atoms with Crippen LogP contribution >= 0.6 is 0 Å². The molecular weight excluding hydrogens is 400 g/mol. The van der Waals surface area contributed by atoms with Crippen molar-refractivity contribution in [1.29, 1.82) is 0 Å². The zero-order chi connectivity index (χ0) is 22.8. The first-order chi connectivity index (χ1) is 15.4. The van der Waals surface area contributed by atoms with Gasteiger partial charge in [-0.05, 0) is 35.9 Å². The monoisotopic (exact) mass is 426 g/mol. The van der Waals surface area contributed by atoms with Crippen LogP contribution in [0.1, 0.15) is 29.9 Å². The lowest BCUT2D eigenvalue weighted by atomic mass is 10.1. The molecule has 5 N–H and O–H groups in total. The molecule has 0 amide bonds. The number of nitrogens with one attached hydrogen (secondary N) is 1. The molecule has 0 aliphatic heterocycles. The molecule has 4 rings (SSSR count). The van der Waals surface area contributed by atoms with Gasteiger partial charge in [-0.1, -0.05) is 38.1 Å². The summed E-state index contributed by atoms with van der Waals surface area (Å²) >= 11 is 0. The van der Waals surface area contributed by atoms with Crippen LogP contribution < -0.4 is 16.8 Å². The molecule has 0 saturated carbocycles. The first-order valence-corrected chi connectivity index (χ1v) is 10.4. The first-order valence-electron chi connectivity index (χ1n) is 10.4. The Hall–Kier alpha value is -4.13. The predicted molar refractivity (Wildman–Crippen MR) is 129 cm³/mol. The number of fused-ring (bicyclic) bond motifs is 1. The zero-order valence-corrected chi connectivity index (χ0v) is 18.3. The van der Waals surface area contributed by atoms with Crippen molar-refractivity contribution in [3.63, 3.8) is 0 Å². The van der Waals surface area contributed by atoms with Crippen LogP contribution in [0.15, 0.2) is 67.0 Å². The summed E-state index contributed by atoms with van der Waals surface area (Å²) in [6, 6.07) is 17.4. The van der Waals surface area contributed by atoms with E-state index in [2.05, 4.69) is 15.3 Å². The van der Waals surface area contributed by atoms with Gasteiger partial charge in [0.15, 0.2) is 11.6 Å². The number of hydrogen-bond acceptors (Lipinski definition) is 6. The molecule has 0 aliphatic rings. The van der Waals surface area contributed by atoms with E-state index in [0.29, 0.717) is 23.0 Å². The number of carbonyl (C=O) groups is 1. The van der Waals surface area contributed by atoms with E-state index in [0.717, 1.165) is 27.7 Å². The quantitative estimate of drug-likeness (QED) is 0.393. The van der Waals surface area contributed by atoms with Crippen molar-refractivity contribution in [1.82, 2.24) is 14.5 Å². The van der Waals surface area contributed by atoms with Crippen molar-refractivity contribution in [2.24, 2.45) is 24.4 Å². The molecule has 0 fully saturated rings. The minimum absolute atomic E-state index is 0.0552. The lowest BCUT2D eigenvalue weighted by Gasteiger charge is -2.09. The third-order valence-electron chi connectivity index (χ3n) is 5.41. The molecule has 2 aromatic carbocycles. The molecule has 32 heavy (non-hydrogen) atoms. The lowest BCUT2D eigenvalue weighted by Crippen LogP contribution is -2.11. The van der Waals surface area contributed by atoms with Gasteiger partial charge < -0.3 is 21.4 Å². The Balaban J connectivity index is 1.63. The number of nitrogens with zero attached hydrogens (tertiary/aromatic N) is 3. The summed E-state index contributed by atoms with van der Waals surface area (Å²) in [7, 11) is 1.91. The highest BCUT2D eigenvalue weighted by atomic mass is 16.1. The van der Waals surface area contributed by atoms with Gasteiger partial charge >= 0.3 is 0 Å². The molecule has 0 unspecified atom stereocenters. The van der Waals surface area contributed by atoms with E-state index in [-0.39, 0.29) is 11.7 Å². The first kappa shape index (κ1) is 21.1. The third-order valence-corrected chi connectivity index (χ3v) is 5.41. The number of anilines is 2. The van der Waals surface area contributed by atoms with E-state index in [9.17, 15) is 4.79 Å². The molecule has 4 aromatic rings. The van der Waals surface area contributed by atoms with E-state index < -0.39 is 0 Å². The number of ketones is 1. The molecule has 0 spiro atoms. The van der Waals surface area contributed by atoms with Crippen molar-refractivity contribution in [3.05, 3.63) is 78.3 Å². The van der Waals surface area contributed by atoms with Crippen LogP contribution in [0.5, 0.6) is 0 Å². The van der Waals surface area contributed by atoms with Crippen LogP contribution in [0.3, 0.4) is 0 Å². The van der Waals surface area contributed by atoms with Gasteiger partial charge in [0.2, 0.25) is 0 Å². The summed E-state index contributed by atoms with van der Waals surface area (Å²) in [6.07, 6.45) is 3.10. The number of carbonyl (C=O) groups excluding carboxylic acids is 1. The van der Waals surface area contributed by atoms with Crippen LogP contribution in [0.4, 0.5) is 11.5 Å². The number of aryl methyl sites for hydroxylation is 1. The van der Waals surface area contributed by atoms with Gasteiger partial charge in [-0.25, -0.2) is 9.97 Å². The third kappa shape index (κ3) is 4.05. The molecule has 0 aliphatic carbocycles. The molecule has 0 bridgehead atoms. The molecule has 0 atom stereocenters. The lowest BCUT2D eigenvalue weighted by molar-refractivity contribution is 0.0931. The maximum Gasteiger partial charge on any atom is 0.181 e. The number of nitrogens with two attached hydrogens (primary N) is 2. The predicted octanol–water partition coefficient (Wildman–Crippen LogP) is 4.43. The van der Waals surface area contributed by atoms with Gasteiger partial charge in [-0.3, -0.25) is 4.79 Å². The van der Waals surface area contributed by atoms with Gasteiger partial charge in [0.05, 0.1) is 11.4 Å². The minimum atomic E-state index is -0.0552. The minimum Gasteiger partial charge on any atom is -0.403 e. The molecule has 2 heterocycles. The second kappa shape index (κ2) is 8.55. The largest absolute Gasteiger partial charge is 0.403 e. The van der Waals surface area contributed by atoms with E-state index in [1.165, 1.54) is 6.20 Å². The molecule has 7 nitrogen and oxygen atoms in total. The normalized spacial score (nSPS) is 11.8. The van der Waals surface area contributed by atoms with E-state index in [4.69, 9.17) is 11.5 Å². The second-order valence-corrected chi connectivity index (χ2v) is 7.97. The fourth-order valence-electron chi connectivity index (χ4n) is 3.56. The maximum absolute atomic E-state index is 12.5. The van der Waals surface area contributed by atoms with Crippen molar-refractivity contribution in [2.75, 3.05) is 5.32 Å². The Bertz CT molecular complexity index is 1320. The summed E-state index contributed by atoms with van der Waals surface area (Å²) in [5.41, 5.74) is 16.1. The van der Waals surface area contributed by atoms with Crippen molar-refractivity contribution >= 4 is 33.9 Å². The molecule has 2 aromatic heterocycles. The molecule has 7 heteroatoms. The van der Waals surface area contributed by atoms with Crippen LogP contribution in [0.25, 0.3) is 28.0 Å². The van der Waals surface area contributed by atoms with Crippen molar-refractivity contribution in [2.45, 2.75) is 13.8 Å². The van der Waals surface area contributed by atoms with Crippen molar-refractivity contribution in [3.8, 4) is 11.4 Å². The van der Waals surface area contributed by atoms with Crippen LogP contribution in [0.2, 0.25) is 0 Å². The fourth-order valence-corrected chi connectivity index (χ4v) is 3.56.